The molecular weight excluding hydrogens is 272 g/mol. The number of ketones is 1. The number of Topliss-reactive ketones (excluding diaryl/α,β-unsaturated/α-hetero) is 1. The van der Waals surface area contributed by atoms with Crippen LogP contribution in [0, 0.1) is 11.6 Å². The number of carbonyl (C=O) groups excluding carboxylic acids is 1. The third-order valence-corrected chi connectivity index (χ3v) is 3.21. The summed E-state index contributed by atoms with van der Waals surface area (Å²) in [5, 5.41) is 0. The summed E-state index contributed by atoms with van der Waals surface area (Å²) in [6, 6.07) is 12.1. The molecule has 0 saturated heterocycles. The first-order chi connectivity index (χ1) is 10.0. The van der Waals surface area contributed by atoms with E-state index in [1.165, 1.54) is 30.3 Å². The molecule has 2 aromatic carbocycles. The van der Waals surface area contributed by atoms with Crippen LogP contribution in [0.15, 0.2) is 48.5 Å². The van der Waals surface area contributed by atoms with Crippen molar-refractivity contribution in [2.75, 3.05) is 13.6 Å². The second-order valence-electron chi connectivity index (χ2n) is 5.05. The predicted octanol–water partition coefficient (Wildman–Crippen LogP) is 3.67. The van der Waals surface area contributed by atoms with Crippen LogP contribution >= 0.6 is 0 Å². The van der Waals surface area contributed by atoms with Crippen molar-refractivity contribution in [1.82, 2.24) is 4.90 Å². The molecule has 0 unspecified atom stereocenters. The molecule has 21 heavy (non-hydrogen) atoms. The van der Waals surface area contributed by atoms with Gasteiger partial charge >= 0.3 is 0 Å². The van der Waals surface area contributed by atoms with E-state index in [0.717, 1.165) is 5.56 Å². The zero-order valence-electron chi connectivity index (χ0n) is 11.9. The van der Waals surface area contributed by atoms with Gasteiger partial charge in [-0.3, -0.25) is 4.79 Å². The van der Waals surface area contributed by atoms with E-state index in [4.69, 9.17) is 0 Å². The van der Waals surface area contributed by atoms with E-state index in [9.17, 15) is 13.6 Å². The largest absolute Gasteiger partial charge is 0.302 e. The van der Waals surface area contributed by atoms with Gasteiger partial charge in [0.1, 0.15) is 11.6 Å². The molecule has 2 nitrogen and oxygen atoms in total. The summed E-state index contributed by atoms with van der Waals surface area (Å²) in [4.78, 5) is 13.9. The molecule has 2 rings (SSSR count). The highest BCUT2D eigenvalue weighted by Crippen LogP contribution is 2.09. The van der Waals surface area contributed by atoms with E-state index in [1.807, 2.05) is 18.0 Å². The highest BCUT2D eigenvalue weighted by molar-refractivity contribution is 5.96. The average molecular weight is 289 g/mol. The molecule has 0 aliphatic heterocycles. The van der Waals surface area contributed by atoms with Gasteiger partial charge in [-0.15, -0.1) is 0 Å². The van der Waals surface area contributed by atoms with Crippen molar-refractivity contribution in [2.45, 2.75) is 13.0 Å². The van der Waals surface area contributed by atoms with Crippen molar-refractivity contribution in [3.05, 3.63) is 71.3 Å². The fraction of sp³-hybridized carbons (Fsp3) is 0.235. The Morgan fingerprint density at radius 1 is 1.05 bits per heavy atom. The van der Waals surface area contributed by atoms with Crippen LogP contribution < -0.4 is 0 Å². The van der Waals surface area contributed by atoms with Crippen molar-refractivity contribution in [3.8, 4) is 0 Å². The van der Waals surface area contributed by atoms with E-state index >= 15 is 0 Å². The highest BCUT2D eigenvalue weighted by Gasteiger charge is 2.09. The number of halogens is 2. The lowest BCUT2D eigenvalue weighted by Gasteiger charge is -2.16. The Balaban J connectivity index is 1.86. The van der Waals surface area contributed by atoms with Crippen LogP contribution in [0.1, 0.15) is 22.3 Å². The van der Waals surface area contributed by atoms with E-state index in [1.54, 1.807) is 12.1 Å². The normalized spacial score (nSPS) is 10.9. The Labute approximate surface area is 123 Å². The second-order valence-corrected chi connectivity index (χ2v) is 5.05. The van der Waals surface area contributed by atoms with Crippen molar-refractivity contribution in [1.29, 1.82) is 0 Å². The SMILES string of the molecule is CN(CCC(=O)c1cccc(F)c1)Cc1cccc(F)c1. The first kappa shape index (κ1) is 15.3. The van der Waals surface area contributed by atoms with Crippen LogP contribution in [-0.4, -0.2) is 24.3 Å². The molecule has 4 heteroatoms. The molecule has 0 aliphatic rings. The van der Waals surface area contributed by atoms with Crippen molar-refractivity contribution >= 4 is 5.78 Å². The number of hydrogen-bond donors (Lipinski definition) is 0. The maximum absolute atomic E-state index is 13.1. The molecule has 0 aliphatic carbocycles. The summed E-state index contributed by atoms with van der Waals surface area (Å²) in [5.74, 6) is -0.772. The molecule has 0 aromatic heterocycles. The Morgan fingerprint density at radius 2 is 1.71 bits per heavy atom. The fourth-order valence-electron chi connectivity index (χ4n) is 2.12. The molecule has 0 N–H and O–H groups in total. The van der Waals surface area contributed by atoms with Gasteiger partial charge in [0.25, 0.3) is 0 Å². The molecule has 0 amide bonds. The lowest BCUT2D eigenvalue weighted by atomic mass is 10.1. The minimum Gasteiger partial charge on any atom is -0.302 e. The Kier molecular flexibility index (Phi) is 5.17. The average Bonchev–Trinajstić information content (AvgIpc) is 2.45. The maximum atomic E-state index is 13.1. The summed E-state index contributed by atoms with van der Waals surface area (Å²) in [6.45, 7) is 1.10. The second kappa shape index (κ2) is 7.09. The Bertz CT molecular complexity index is 628. The number of carbonyl (C=O) groups is 1. The van der Waals surface area contributed by atoms with E-state index in [2.05, 4.69) is 0 Å². The molecule has 0 spiro atoms. The number of benzene rings is 2. The zero-order chi connectivity index (χ0) is 15.2. The molecule has 0 fully saturated rings. The fourth-order valence-corrected chi connectivity index (χ4v) is 2.12. The molecule has 0 bridgehead atoms. The lowest BCUT2D eigenvalue weighted by Crippen LogP contribution is -2.21. The minimum absolute atomic E-state index is 0.0967. The first-order valence-electron chi connectivity index (χ1n) is 6.76. The van der Waals surface area contributed by atoms with Gasteiger partial charge in [-0.25, -0.2) is 8.78 Å². The van der Waals surface area contributed by atoms with Gasteiger partial charge in [-0.1, -0.05) is 24.3 Å². The number of nitrogens with zero attached hydrogens (tertiary/aromatic N) is 1. The summed E-state index contributed by atoms with van der Waals surface area (Å²) in [5.41, 5.74) is 1.24. The van der Waals surface area contributed by atoms with Crippen LogP contribution in [0.3, 0.4) is 0 Å². The first-order valence-corrected chi connectivity index (χ1v) is 6.76. The molecule has 110 valence electrons. The third kappa shape index (κ3) is 4.76. The topological polar surface area (TPSA) is 20.3 Å². The van der Waals surface area contributed by atoms with Gasteiger partial charge in [-0.2, -0.15) is 0 Å². The summed E-state index contributed by atoms with van der Waals surface area (Å²) in [7, 11) is 1.86. The molecular formula is C17H17F2NO. The van der Waals surface area contributed by atoms with E-state index in [-0.39, 0.29) is 11.6 Å². The molecule has 0 atom stereocenters. The van der Waals surface area contributed by atoms with Crippen LogP contribution in [0.2, 0.25) is 0 Å². The summed E-state index contributed by atoms with van der Waals surface area (Å²) in [6.07, 6.45) is 0.301. The van der Waals surface area contributed by atoms with Gasteiger partial charge < -0.3 is 4.90 Å². The van der Waals surface area contributed by atoms with E-state index < -0.39 is 5.82 Å². The number of hydrogen-bond acceptors (Lipinski definition) is 2. The van der Waals surface area contributed by atoms with Gasteiger partial charge in [-0.05, 0) is 36.9 Å². The minimum atomic E-state index is -0.408. The van der Waals surface area contributed by atoms with Crippen LogP contribution in [0.25, 0.3) is 0 Å². The lowest BCUT2D eigenvalue weighted by molar-refractivity contribution is 0.0967. The zero-order valence-corrected chi connectivity index (χ0v) is 11.9. The van der Waals surface area contributed by atoms with Gasteiger partial charge in [0.2, 0.25) is 0 Å². The summed E-state index contributed by atoms with van der Waals surface area (Å²) < 4.78 is 26.1. The number of rotatable bonds is 6. The Hall–Kier alpha value is -2.07. The maximum Gasteiger partial charge on any atom is 0.164 e. The summed E-state index contributed by atoms with van der Waals surface area (Å²) >= 11 is 0. The quantitative estimate of drug-likeness (QED) is 0.756. The van der Waals surface area contributed by atoms with Gasteiger partial charge in [0.05, 0.1) is 0 Å². The van der Waals surface area contributed by atoms with Gasteiger partial charge in [0, 0.05) is 25.1 Å². The molecule has 0 radical (unpaired) electrons. The van der Waals surface area contributed by atoms with Gasteiger partial charge in [0.15, 0.2) is 5.78 Å². The van der Waals surface area contributed by atoms with Crippen LogP contribution in [0.4, 0.5) is 8.78 Å². The Morgan fingerprint density at radius 3 is 2.38 bits per heavy atom. The highest BCUT2D eigenvalue weighted by atomic mass is 19.1. The van der Waals surface area contributed by atoms with Crippen LogP contribution in [-0.2, 0) is 6.54 Å². The molecule has 0 saturated carbocycles. The smallest absolute Gasteiger partial charge is 0.164 e. The van der Waals surface area contributed by atoms with E-state index in [0.29, 0.717) is 25.1 Å². The van der Waals surface area contributed by atoms with Crippen molar-refractivity contribution in [2.24, 2.45) is 0 Å². The van der Waals surface area contributed by atoms with Crippen molar-refractivity contribution < 1.29 is 13.6 Å². The third-order valence-electron chi connectivity index (χ3n) is 3.21. The predicted molar refractivity (Wildman–Crippen MR) is 78.1 cm³/mol. The van der Waals surface area contributed by atoms with Crippen LogP contribution in [0.5, 0.6) is 0 Å². The molecule has 2 aromatic rings. The van der Waals surface area contributed by atoms with Crippen molar-refractivity contribution in [3.63, 3.8) is 0 Å². The monoisotopic (exact) mass is 289 g/mol. The molecule has 0 heterocycles. The standard InChI is InChI=1S/C17H17F2NO/c1-20(12-13-4-2-6-15(18)10-13)9-8-17(21)14-5-3-7-16(19)11-14/h2-7,10-11H,8-9,12H2,1H3.